The zero-order valence-electron chi connectivity index (χ0n) is 7.91. The van der Waals surface area contributed by atoms with E-state index >= 15 is 0 Å². The molecule has 0 saturated carbocycles. The van der Waals surface area contributed by atoms with Crippen LogP contribution in [-0.2, 0) is 6.42 Å². The summed E-state index contributed by atoms with van der Waals surface area (Å²) >= 11 is 0. The number of rotatable bonds is 1. The number of hydrogen-bond donors (Lipinski definition) is 1. The number of hydrogen-bond acceptors (Lipinski definition) is 3. The predicted molar refractivity (Wildman–Crippen MR) is 56.3 cm³/mol. The lowest BCUT2D eigenvalue weighted by atomic mass is 10.1. The zero-order valence-corrected chi connectivity index (χ0v) is 7.91. The molecular formula is C11H11NO2. The van der Waals surface area contributed by atoms with Gasteiger partial charge >= 0.3 is 0 Å². The lowest BCUT2D eigenvalue weighted by Gasteiger charge is -2.00. The second kappa shape index (κ2) is 3.18. The normalized spacial score (nSPS) is 10.6. The van der Waals surface area contributed by atoms with Gasteiger partial charge in [-0.2, -0.15) is 0 Å². The Bertz CT molecular complexity index is 528. The molecule has 1 aromatic heterocycles. The van der Waals surface area contributed by atoms with Crippen LogP contribution in [0.3, 0.4) is 0 Å². The first kappa shape index (κ1) is 8.81. The molecule has 0 radical (unpaired) electrons. The first-order chi connectivity index (χ1) is 6.70. The molecule has 2 N–H and O–H groups in total. The molecule has 1 aromatic carbocycles. The number of anilines is 1. The van der Waals surface area contributed by atoms with Gasteiger partial charge in [0.05, 0.1) is 5.39 Å². The minimum absolute atomic E-state index is 0.0842. The molecule has 0 aliphatic carbocycles. The van der Waals surface area contributed by atoms with E-state index < -0.39 is 0 Å². The van der Waals surface area contributed by atoms with Crippen molar-refractivity contribution in [3.05, 3.63) is 40.1 Å². The van der Waals surface area contributed by atoms with Crippen molar-refractivity contribution < 1.29 is 4.42 Å². The van der Waals surface area contributed by atoms with Gasteiger partial charge in [0.15, 0.2) is 11.3 Å². The van der Waals surface area contributed by atoms with E-state index in [1.165, 1.54) is 6.07 Å². The van der Waals surface area contributed by atoms with Crippen molar-refractivity contribution in [2.75, 3.05) is 5.73 Å². The van der Waals surface area contributed by atoms with Crippen LogP contribution in [0.15, 0.2) is 33.5 Å². The van der Waals surface area contributed by atoms with E-state index in [0.717, 1.165) is 12.0 Å². The summed E-state index contributed by atoms with van der Waals surface area (Å²) < 4.78 is 5.22. The van der Waals surface area contributed by atoms with Crippen LogP contribution in [0.2, 0.25) is 0 Å². The van der Waals surface area contributed by atoms with E-state index in [1.807, 2.05) is 19.1 Å². The SMILES string of the molecule is CCc1ccc2oc(N)cc(=O)c2c1. The van der Waals surface area contributed by atoms with Crippen LogP contribution >= 0.6 is 0 Å². The Hall–Kier alpha value is -1.77. The second-order valence-corrected chi connectivity index (χ2v) is 3.20. The molecule has 0 unspecified atom stereocenters. The molecular weight excluding hydrogens is 178 g/mol. The fourth-order valence-corrected chi connectivity index (χ4v) is 1.44. The van der Waals surface area contributed by atoms with Crippen molar-refractivity contribution >= 4 is 16.9 Å². The zero-order chi connectivity index (χ0) is 10.1. The molecule has 3 nitrogen and oxygen atoms in total. The van der Waals surface area contributed by atoms with Gasteiger partial charge in [-0.05, 0) is 24.1 Å². The maximum Gasteiger partial charge on any atom is 0.194 e. The molecule has 0 bridgehead atoms. The van der Waals surface area contributed by atoms with Crippen LogP contribution in [0.5, 0.6) is 0 Å². The summed E-state index contributed by atoms with van der Waals surface area (Å²) in [5.74, 6) is 0.159. The standard InChI is InChI=1S/C11H11NO2/c1-2-7-3-4-10-8(5-7)9(13)6-11(12)14-10/h3-6H,2,12H2,1H3. The van der Waals surface area contributed by atoms with Gasteiger partial charge in [0.2, 0.25) is 0 Å². The Labute approximate surface area is 81.1 Å². The largest absolute Gasteiger partial charge is 0.441 e. The molecule has 1 heterocycles. The molecule has 0 amide bonds. The van der Waals surface area contributed by atoms with E-state index in [1.54, 1.807) is 6.07 Å². The van der Waals surface area contributed by atoms with Gasteiger partial charge in [-0.3, -0.25) is 4.79 Å². The molecule has 0 fully saturated rings. The first-order valence-corrected chi connectivity index (χ1v) is 4.53. The highest BCUT2D eigenvalue weighted by molar-refractivity contribution is 5.78. The van der Waals surface area contributed by atoms with E-state index in [4.69, 9.17) is 10.2 Å². The predicted octanol–water partition coefficient (Wildman–Crippen LogP) is 1.94. The van der Waals surface area contributed by atoms with Crippen molar-refractivity contribution in [1.29, 1.82) is 0 Å². The summed E-state index contributed by atoms with van der Waals surface area (Å²) in [4.78, 5) is 11.5. The van der Waals surface area contributed by atoms with Gasteiger partial charge < -0.3 is 10.2 Å². The molecule has 0 aliphatic rings. The third-order valence-electron chi connectivity index (χ3n) is 2.22. The molecule has 0 spiro atoms. The molecule has 0 saturated heterocycles. The highest BCUT2D eigenvalue weighted by atomic mass is 16.3. The van der Waals surface area contributed by atoms with Gasteiger partial charge in [0.1, 0.15) is 5.58 Å². The summed E-state index contributed by atoms with van der Waals surface area (Å²) in [5, 5.41) is 0.596. The molecule has 0 atom stereocenters. The summed E-state index contributed by atoms with van der Waals surface area (Å²) in [5.41, 5.74) is 7.01. The number of aryl methyl sites for hydroxylation is 1. The maximum absolute atomic E-state index is 11.5. The number of fused-ring (bicyclic) bond motifs is 1. The average molecular weight is 189 g/mol. The number of nitrogens with two attached hydrogens (primary N) is 1. The van der Waals surface area contributed by atoms with E-state index in [0.29, 0.717) is 11.0 Å². The van der Waals surface area contributed by atoms with Crippen LogP contribution in [0.25, 0.3) is 11.0 Å². The Morgan fingerprint density at radius 3 is 2.86 bits per heavy atom. The quantitative estimate of drug-likeness (QED) is 0.745. The van der Waals surface area contributed by atoms with E-state index in [9.17, 15) is 4.79 Å². The van der Waals surface area contributed by atoms with Crippen molar-refractivity contribution in [3.8, 4) is 0 Å². The fraction of sp³-hybridized carbons (Fsp3) is 0.182. The summed E-state index contributed by atoms with van der Waals surface area (Å²) in [6.07, 6.45) is 0.903. The third kappa shape index (κ3) is 1.37. The van der Waals surface area contributed by atoms with Crippen molar-refractivity contribution in [1.82, 2.24) is 0 Å². The maximum atomic E-state index is 11.5. The van der Waals surface area contributed by atoms with Crippen molar-refractivity contribution in [2.24, 2.45) is 0 Å². The highest BCUT2D eigenvalue weighted by Crippen LogP contribution is 2.15. The average Bonchev–Trinajstić information content (AvgIpc) is 2.17. The molecule has 2 aromatic rings. The molecule has 0 aliphatic heterocycles. The summed E-state index contributed by atoms with van der Waals surface area (Å²) in [6.45, 7) is 2.04. The summed E-state index contributed by atoms with van der Waals surface area (Å²) in [7, 11) is 0. The molecule has 3 heteroatoms. The molecule has 72 valence electrons. The Morgan fingerprint density at radius 2 is 2.14 bits per heavy atom. The van der Waals surface area contributed by atoms with Gasteiger partial charge in [0.25, 0.3) is 0 Å². The van der Waals surface area contributed by atoms with E-state index in [2.05, 4.69) is 0 Å². The van der Waals surface area contributed by atoms with Crippen LogP contribution in [0.1, 0.15) is 12.5 Å². The van der Waals surface area contributed by atoms with E-state index in [-0.39, 0.29) is 11.3 Å². The second-order valence-electron chi connectivity index (χ2n) is 3.20. The first-order valence-electron chi connectivity index (χ1n) is 4.53. The molecule has 2 rings (SSSR count). The van der Waals surface area contributed by atoms with Crippen LogP contribution < -0.4 is 11.2 Å². The third-order valence-corrected chi connectivity index (χ3v) is 2.22. The van der Waals surface area contributed by atoms with Gasteiger partial charge in [-0.25, -0.2) is 0 Å². The number of nitrogen functional groups attached to an aromatic ring is 1. The van der Waals surface area contributed by atoms with Gasteiger partial charge in [-0.1, -0.05) is 13.0 Å². The van der Waals surface area contributed by atoms with Crippen molar-refractivity contribution in [3.63, 3.8) is 0 Å². The smallest absolute Gasteiger partial charge is 0.194 e. The lowest BCUT2D eigenvalue weighted by Crippen LogP contribution is -2.02. The van der Waals surface area contributed by atoms with Gasteiger partial charge in [-0.15, -0.1) is 0 Å². The fourth-order valence-electron chi connectivity index (χ4n) is 1.44. The minimum atomic E-state index is -0.0842. The minimum Gasteiger partial charge on any atom is -0.441 e. The van der Waals surface area contributed by atoms with Crippen LogP contribution in [0.4, 0.5) is 5.88 Å². The molecule has 14 heavy (non-hydrogen) atoms. The van der Waals surface area contributed by atoms with Crippen LogP contribution in [0, 0.1) is 0 Å². The van der Waals surface area contributed by atoms with Crippen LogP contribution in [-0.4, -0.2) is 0 Å². The number of benzene rings is 1. The van der Waals surface area contributed by atoms with Gasteiger partial charge in [0, 0.05) is 6.07 Å². The monoisotopic (exact) mass is 189 g/mol. The topological polar surface area (TPSA) is 56.2 Å². The summed E-state index contributed by atoms with van der Waals surface area (Å²) in [6, 6.07) is 6.87. The Balaban J connectivity index is 2.82. The Morgan fingerprint density at radius 1 is 1.36 bits per heavy atom. The highest BCUT2D eigenvalue weighted by Gasteiger charge is 2.02. The lowest BCUT2D eigenvalue weighted by molar-refractivity contribution is 0.624. The van der Waals surface area contributed by atoms with Crippen molar-refractivity contribution in [2.45, 2.75) is 13.3 Å². The Kier molecular flexibility index (Phi) is 2.00.